The Morgan fingerprint density at radius 1 is 1.15 bits per heavy atom. The van der Waals surface area contributed by atoms with Gasteiger partial charge in [0.05, 0.1) is 18.4 Å². The zero-order valence-electron chi connectivity index (χ0n) is 15.3. The third-order valence-corrected chi connectivity index (χ3v) is 3.69. The van der Waals surface area contributed by atoms with Crippen molar-refractivity contribution < 1.29 is 14.3 Å². The van der Waals surface area contributed by atoms with Crippen LogP contribution in [0.4, 0.5) is 17.1 Å². The first-order valence-electron chi connectivity index (χ1n) is 8.09. The molecule has 0 radical (unpaired) electrons. The number of para-hydroxylation sites is 1. The molecule has 0 spiro atoms. The van der Waals surface area contributed by atoms with Crippen molar-refractivity contribution in [2.75, 3.05) is 36.7 Å². The minimum absolute atomic E-state index is 0.134. The molecular formula is C20H20N4O3. The highest BCUT2D eigenvalue weighted by molar-refractivity contribution is 6.09. The van der Waals surface area contributed by atoms with Gasteiger partial charge in [-0.15, -0.1) is 0 Å². The van der Waals surface area contributed by atoms with E-state index in [1.165, 1.54) is 19.4 Å². The van der Waals surface area contributed by atoms with Crippen LogP contribution in [0.25, 0.3) is 0 Å². The van der Waals surface area contributed by atoms with E-state index in [1.54, 1.807) is 18.2 Å². The van der Waals surface area contributed by atoms with Crippen molar-refractivity contribution >= 4 is 28.9 Å². The van der Waals surface area contributed by atoms with Gasteiger partial charge < -0.3 is 20.3 Å². The van der Waals surface area contributed by atoms with Crippen LogP contribution in [0.3, 0.4) is 0 Å². The van der Waals surface area contributed by atoms with E-state index in [1.807, 2.05) is 49.3 Å². The van der Waals surface area contributed by atoms with Crippen LogP contribution < -0.4 is 15.5 Å². The lowest BCUT2D eigenvalue weighted by Gasteiger charge is -2.13. The van der Waals surface area contributed by atoms with E-state index >= 15 is 0 Å². The first kappa shape index (κ1) is 19.5. The average molecular weight is 364 g/mol. The normalized spacial score (nSPS) is 10.5. The lowest BCUT2D eigenvalue weighted by Crippen LogP contribution is -2.17. The molecule has 7 heteroatoms. The summed E-state index contributed by atoms with van der Waals surface area (Å²) in [5.74, 6) is -1.21. The summed E-state index contributed by atoms with van der Waals surface area (Å²) in [6, 6.07) is 15.8. The first-order valence-corrected chi connectivity index (χ1v) is 8.09. The number of carbonyl (C=O) groups is 2. The van der Waals surface area contributed by atoms with Gasteiger partial charge in [0, 0.05) is 31.7 Å². The van der Waals surface area contributed by atoms with Crippen LogP contribution in [0.15, 0.2) is 60.3 Å². The largest absolute Gasteiger partial charge is 0.465 e. The second-order valence-electron chi connectivity index (χ2n) is 5.75. The summed E-state index contributed by atoms with van der Waals surface area (Å²) in [7, 11) is 5.09. The van der Waals surface area contributed by atoms with Crippen LogP contribution in [-0.4, -0.2) is 33.1 Å². The molecule has 0 fully saturated rings. The quantitative estimate of drug-likeness (QED) is 0.465. The Bertz CT molecular complexity index is 913. The van der Waals surface area contributed by atoms with Crippen LogP contribution >= 0.6 is 0 Å². The fourth-order valence-corrected chi connectivity index (χ4v) is 2.25. The molecule has 0 unspecified atom stereocenters. The monoisotopic (exact) mass is 364 g/mol. The fraction of sp³-hybridized carbons (Fsp3) is 0.150. The van der Waals surface area contributed by atoms with Gasteiger partial charge >= 0.3 is 5.97 Å². The first-order chi connectivity index (χ1) is 13.0. The molecule has 1 amide bonds. The number of anilines is 3. The summed E-state index contributed by atoms with van der Waals surface area (Å²) >= 11 is 0. The molecule has 0 saturated heterocycles. The van der Waals surface area contributed by atoms with E-state index in [2.05, 4.69) is 10.6 Å². The standard InChI is InChI=1S/C20H20N4O3/c1-24(2)16-8-6-7-15(11-16)22-13-14(12-21)19(25)23-18-10-5-4-9-17(18)20(26)27-3/h4-11,13,22H,1-3H3,(H,23,25)/b14-13-. The number of nitrogens with one attached hydrogen (secondary N) is 2. The molecule has 7 nitrogen and oxygen atoms in total. The number of rotatable bonds is 6. The van der Waals surface area contributed by atoms with Gasteiger partial charge in [0.25, 0.3) is 5.91 Å². The SMILES string of the molecule is COC(=O)c1ccccc1NC(=O)/C(C#N)=C\Nc1cccc(N(C)C)c1. The van der Waals surface area contributed by atoms with Gasteiger partial charge in [0.15, 0.2) is 0 Å². The lowest BCUT2D eigenvalue weighted by molar-refractivity contribution is -0.112. The summed E-state index contributed by atoms with van der Waals surface area (Å²) in [5, 5.41) is 14.8. The molecule has 0 aliphatic carbocycles. The molecule has 2 N–H and O–H groups in total. The van der Waals surface area contributed by atoms with Crippen LogP contribution in [0.1, 0.15) is 10.4 Å². The van der Waals surface area contributed by atoms with Gasteiger partial charge in [0.1, 0.15) is 11.6 Å². The van der Waals surface area contributed by atoms with E-state index in [0.717, 1.165) is 11.4 Å². The van der Waals surface area contributed by atoms with Crippen molar-refractivity contribution in [2.45, 2.75) is 0 Å². The molecule has 0 aromatic heterocycles. The number of nitrogens with zero attached hydrogens (tertiary/aromatic N) is 2. The Hall–Kier alpha value is -3.79. The van der Waals surface area contributed by atoms with Gasteiger partial charge in [-0.1, -0.05) is 18.2 Å². The topological polar surface area (TPSA) is 94.5 Å². The Kier molecular flexibility index (Phi) is 6.55. The molecule has 2 rings (SSSR count). The maximum atomic E-state index is 12.4. The van der Waals surface area contributed by atoms with Gasteiger partial charge in [0.2, 0.25) is 0 Å². The van der Waals surface area contributed by atoms with Crippen molar-refractivity contribution in [2.24, 2.45) is 0 Å². The smallest absolute Gasteiger partial charge is 0.339 e. The molecular weight excluding hydrogens is 344 g/mol. The number of hydrogen-bond acceptors (Lipinski definition) is 6. The number of esters is 1. The molecule has 0 saturated carbocycles. The highest BCUT2D eigenvalue weighted by atomic mass is 16.5. The van der Waals surface area contributed by atoms with Gasteiger partial charge in [-0.25, -0.2) is 4.79 Å². The fourth-order valence-electron chi connectivity index (χ4n) is 2.25. The van der Waals surface area contributed by atoms with Crippen molar-refractivity contribution in [3.63, 3.8) is 0 Å². The van der Waals surface area contributed by atoms with Crippen LogP contribution in [0.5, 0.6) is 0 Å². The summed E-state index contributed by atoms with van der Waals surface area (Å²) in [5.41, 5.74) is 2.05. The van der Waals surface area contributed by atoms with Crippen molar-refractivity contribution in [1.29, 1.82) is 5.26 Å². The molecule has 27 heavy (non-hydrogen) atoms. The highest BCUT2D eigenvalue weighted by Gasteiger charge is 2.15. The highest BCUT2D eigenvalue weighted by Crippen LogP contribution is 2.19. The van der Waals surface area contributed by atoms with E-state index in [-0.39, 0.29) is 16.8 Å². The third-order valence-electron chi connectivity index (χ3n) is 3.69. The number of amides is 1. The third kappa shape index (κ3) is 5.09. The molecule has 2 aromatic carbocycles. The average Bonchev–Trinajstić information content (AvgIpc) is 2.68. The van der Waals surface area contributed by atoms with E-state index in [4.69, 9.17) is 4.74 Å². The van der Waals surface area contributed by atoms with E-state index < -0.39 is 11.9 Å². The predicted molar refractivity (Wildman–Crippen MR) is 104 cm³/mol. The number of methoxy groups -OCH3 is 1. The molecule has 138 valence electrons. The second kappa shape index (κ2) is 9.06. The Morgan fingerprint density at radius 2 is 1.89 bits per heavy atom. The second-order valence-corrected chi connectivity index (χ2v) is 5.75. The number of ether oxygens (including phenoxy) is 1. The molecule has 2 aromatic rings. The van der Waals surface area contributed by atoms with Gasteiger partial charge in [-0.2, -0.15) is 5.26 Å². The Morgan fingerprint density at radius 3 is 2.56 bits per heavy atom. The number of carbonyl (C=O) groups excluding carboxylic acids is 2. The summed E-state index contributed by atoms with van der Waals surface area (Å²) in [6.07, 6.45) is 1.32. The number of hydrogen-bond donors (Lipinski definition) is 2. The molecule has 0 aliphatic rings. The predicted octanol–water partition coefficient (Wildman–Crippen LogP) is 3.00. The Balaban J connectivity index is 2.17. The van der Waals surface area contributed by atoms with Crippen molar-refractivity contribution in [3.05, 3.63) is 65.9 Å². The summed E-state index contributed by atoms with van der Waals surface area (Å²) < 4.78 is 4.69. The molecule has 0 aliphatic heterocycles. The zero-order chi connectivity index (χ0) is 19.8. The molecule has 0 heterocycles. The van der Waals surface area contributed by atoms with Crippen LogP contribution in [0.2, 0.25) is 0 Å². The summed E-state index contributed by atoms with van der Waals surface area (Å²) in [6.45, 7) is 0. The van der Waals surface area contributed by atoms with E-state index in [9.17, 15) is 14.9 Å². The maximum absolute atomic E-state index is 12.4. The van der Waals surface area contributed by atoms with Crippen LogP contribution in [0, 0.1) is 11.3 Å². The lowest BCUT2D eigenvalue weighted by atomic mass is 10.1. The Labute approximate surface area is 157 Å². The number of benzene rings is 2. The number of nitriles is 1. The minimum atomic E-state index is -0.634. The summed E-state index contributed by atoms with van der Waals surface area (Å²) in [4.78, 5) is 26.1. The van der Waals surface area contributed by atoms with Gasteiger partial charge in [-0.3, -0.25) is 4.79 Å². The molecule has 0 bridgehead atoms. The van der Waals surface area contributed by atoms with Crippen molar-refractivity contribution in [1.82, 2.24) is 0 Å². The van der Waals surface area contributed by atoms with Gasteiger partial charge in [-0.05, 0) is 30.3 Å². The van der Waals surface area contributed by atoms with Crippen molar-refractivity contribution in [3.8, 4) is 6.07 Å². The zero-order valence-corrected chi connectivity index (χ0v) is 15.3. The molecule has 0 atom stereocenters. The van der Waals surface area contributed by atoms with Crippen LogP contribution in [-0.2, 0) is 9.53 Å². The minimum Gasteiger partial charge on any atom is -0.465 e. The van der Waals surface area contributed by atoms with E-state index in [0.29, 0.717) is 0 Å². The maximum Gasteiger partial charge on any atom is 0.339 e.